The van der Waals surface area contributed by atoms with Crippen LogP contribution in [0.3, 0.4) is 0 Å². The molecule has 0 aliphatic carbocycles. The molecule has 3 aromatic rings. The first-order chi connectivity index (χ1) is 14.7. The van der Waals surface area contributed by atoms with Crippen molar-refractivity contribution in [1.82, 2.24) is 9.88 Å². The smallest absolute Gasteiger partial charge is 0.260 e. The molecular formula is C22H24ClN3O3S. The van der Waals surface area contributed by atoms with E-state index in [1.165, 1.54) is 11.3 Å². The third-order valence-corrected chi connectivity index (χ3v) is 6.28. The largest absolute Gasteiger partial charge is 0.492 e. The maximum Gasteiger partial charge on any atom is 0.260 e. The molecule has 1 aliphatic heterocycles. The number of fused-ring (bicyclic) bond motifs is 1. The number of hydrogen-bond acceptors (Lipinski definition) is 6. The highest BCUT2D eigenvalue weighted by atomic mass is 35.5. The molecule has 0 atom stereocenters. The lowest BCUT2D eigenvalue weighted by Gasteiger charge is -2.29. The van der Waals surface area contributed by atoms with E-state index in [9.17, 15) is 4.79 Å². The highest BCUT2D eigenvalue weighted by Crippen LogP contribution is 2.34. The number of rotatable bonds is 7. The second-order valence-electron chi connectivity index (χ2n) is 6.95. The second-order valence-corrected chi connectivity index (χ2v) is 8.40. The molecule has 6 nitrogen and oxygen atoms in total. The van der Waals surface area contributed by atoms with E-state index < -0.39 is 0 Å². The molecule has 4 rings (SSSR count). The number of benzene rings is 2. The van der Waals surface area contributed by atoms with Gasteiger partial charge in [0.05, 0.1) is 24.5 Å². The fourth-order valence-electron chi connectivity index (χ4n) is 3.40. The van der Waals surface area contributed by atoms with Crippen LogP contribution in [0.1, 0.15) is 17.3 Å². The van der Waals surface area contributed by atoms with Crippen molar-refractivity contribution in [1.29, 1.82) is 0 Å². The zero-order valence-electron chi connectivity index (χ0n) is 16.8. The minimum atomic E-state index is -0.0862. The number of halogens is 1. The Morgan fingerprint density at radius 1 is 1.23 bits per heavy atom. The maximum absolute atomic E-state index is 13.4. The van der Waals surface area contributed by atoms with Crippen LogP contribution in [0.25, 0.3) is 10.2 Å². The average molecular weight is 446 g/mol. The van der Waals surface area contributed by atoms with E-state index in [0.29, 0.717) is 28.9 Å². The lowest BCUT2D eigenvalue weighted by Crippen LogP contribution is -2.43. The van der Waals surface area contributed by atoms with Crippen LogP contribution in [0.2, 0.25) is 5.02 Å². The molecule has 1 amide bonds. The lowest BCUT2D eigenvalue weighted by atomic mass is 10.2. The Balaban J connectivity index is 1.65. The van der Waals surface area contributed by atoms with Gasteiger partial charge in [0.15, 0.2) is 5.13 Å². The molecular weight excluding hydrogens is 422 g/mol. The molecule has 2 aromatic carbocycles. The van der Waals surface area contributed by atoms with E-state index in [4.69, 9.17) is 26.1 Å². The first-order valence-corrected chi connectivity index (χ1v) is 11.2. The molecule has 0 saturated carbocycles. The van der Waals surface area contributed by atoms with E-state index in [1.807, 2.05) is 25.1 Å². The fourth-order valence-corrected chi connectivity index (χ4v) is 4.53. The van der Waals surface area contributed by atoms with E-state index in [-0.39, 0.29) is 5.91 Å². The fraction of sp³-hybridized carbons (Fsp3) is 0.364. The number of nitrogens with zero attached hydrogens (tertiary/aromatic N) is 3. The summed E-state index contributed by atoms with van der Waals surface area (Å²) in [7, 11) is 0. The number of amides is 1. The van der Waals surface area contributed by atoms with Gasteiger partial charge in [0.1, 0.15) is 11.3 Å². The Morgan fingerprint density at radius 3 is 2.73 bits per heavy atom. The summed E-state index contributed by atoms with van der Waals surface area (Å²) in [5.41, 5.74) is 1.38. The number of carbonyl (C=O) groups is 1. The molecule has 0 unspecified atom stereocenters. The quantitative estimate of drug-likeness (QED) is 0.542. The Hall–Kier alpha value is -2.19. The number of carbonyl (C=O) groups excluding carboxylic acids is 1. The summed E-state index contributed by atoms with van der Waals surface area (Å²) in [5.74, 6) is 0.654. The Labute approximate surface area is 185 Å². The van der Waals surface area contributed by atoms with Gasteiger partial charge in [-0.05, 0) is 43.3 Å². The normalized spacial score (nSPS) is 14.7. The zero-order valence-corrected chi connectivity index (χ0v) is 18.4. The lowest BCUT2D eigenvalue weighted by molar-refractivity contribution is 0.0391. The zero-order chi connectivity index (χ0) is 20.9. The van der Waals surface area contributed by atoms with Crippen LogP contribution < -0.4 is 9.64 Å². The Kier molecular flexibility index (Phi) is 6.84. The van der Waals surface area contributed by atoms with Crippen LogP contribution in [0.4, 0.5) is 5.13 Å². The summed E-state index contributed by atoms with van der Waals surface area (Å²) >= 11 is 7.51. The number of aromatic nitrogens is 1. The van der Waals surface area contributed by atoms with Gasteiger partial charge in [0.25, 0.3) is 5.91 Å². The highest BCUT2D eigenvalue weighted by Gasteiger charge is 2.23. The first kappa shape index (κ1) is 21.1. The minimum Gasteiger partial charge on any atom is -0.492 e. The third kappa shape index (κ3) is 4.75. The van der Waals surface area contributed by atoms with E-state index in [2.05, 4.69) is 4.90 Å². The van der Waals surface area contributed by atoms with Gasteiger partial charge in [0, 0.05) is 36.8 Å². The molecule has 30 heavy (non-hydrogen) atoms. The molecule has 1 fully saturated rings. The summed E-state index contributed by atoms with van der Waals surface area (Å²) in [6.07, 6.45) is 0. The summed E-state index contributed by atoms with van der Waals surface area (Å²) in [6, 6.07) is 12.9. The predicted molar refractivity (Wildman–Crippen MR) is 121 cm³/mol. The number of anilines is 1. The van der Waals surface area contributed by atoms with Crippen LogP contribution >= 0.6 is 22.9 Å². The predicted octanol–water partition coefficient (Wildman–Crippen LogP) is 4.33. The van der Waals surface area contributed by atoms with Crippen molar-refractivity contribution in [3.05, 3.63) is 53.1 Å². The van der Waals surface area contributed by atoms with Crippen molar-refractivity contribution in [3.8, 4) is 5.75 Å². The topological polar surface area (TPSA) is 54.9 Å². The van der Waals surface area contributed by atoms with Gasteiger partial charge < -0.3 is 9.47 Å². The van der Waals surface area contributed by atoms with Crippen molar-refractivity contribution in [3.63, 3.8) is 0 Å². The molecule has 2 heterocycles. The molecule has 1 aliphatic rings. The van der Waals surface area contributed by atoms with Gasteiger partial charge in [0.2, 0.25) is 0 Å². The number of ether oxygens (including phenoxy) is 2. The van der Waals surface area contributed by atoms with Crippen LogP contribution in [-0.2, 0) is 4.74 Å². The van der Waals surface area contributed by atoms with E-state index in [1.54, 1.807) is 29.2 Å². The Morgan fingerprint density at radius 2 is 2.00 bits per heavy atom. The van der Waals surface area contributed by atoms with Gasteiger partial charge in [-0.15, -0.1) is 0 Å². The molecule has 0 radical (unpaired) electrons. The van der Waals surface area contributed by atoms with Crippen LogP contribution in [0.15, 0.2) is 42.5 Å². The van der Waals surface area contributed by atoms with Crippen LogP contribution in [-0.4, -0.2) is 61.8 Å². The van der Waals surface area contributed by atoms with Crippen molar-refractivity contribution in [2.75, 3.05) is 50.9 Å². The van der Waals surface area contributed by atoms with Gasteiger partial charge in [-0.2, -0.15) is 0 Å². The van der Waals surface area contributed by atoms with E-state index in [0.717, 1.165) is 48.8 Å². The third-order valence-electron chi connectivity index (χ3n) is 4.98. The van der Waals surface area contributed by atoms with Gasteiger partial charge in [-0.3, -0.25) is 14.6 Å². The molecule has 158 valence electrons. The highest BCUT2D eigenvalue weighted by molar-refractivity contribution is 7.22. The van der Waals surface area contributed by atoms with Crippen molar-refractivity contribution in [2.45, 2.75) is 6.92 Å². The van der Waals surface area contributed by atoms with Crippen molar-refractivity contribution < 1.29 is 14.3 Å². The summed E-state index contributed by atoms with van der Waals surface area (Å²) in [4.78, 5) is 22.3. The first-order valence-electron chi connectivity index (χ1n) is 10.1. The number of thiazole rings is 1. The second kappa shape index (κ2) is 9.75. The molecule has 1 saturated heterocycles. The molecule has 8 heteroatoms. The van der Waals surface area contributed by atoms with Crippen LogP contribution in [0, 0.1) is 0 Å². The minimum absolute atomic E-state index is 0.0862. The maximum atomic E-state index is 13.4. The van der Waals surface area contributed by atoms with Gasteiger partial charge in [-0.25, -0.2) is 4.98 Å². The van der Waals surface area contributed by atoms with Crippen molar-refractivity contribution >= 4 is 44.2 Å². The molecule has 0 N–H and O–H groups in total. The van der Waals surface area contributed by atoms with Gasteiger partial charge in [-0.1, -0.05) is 29.0 Å². The summed E-state index contributed by atoms with van der Waals surface area (Å²) < 4.78 is 12.2. The number of morpholine rings is 1. The average Bonchev–Trinajstić information content (AvgIpc) is 3.20. The Bertz CT molecular complexity index is 1000. The summed E-state index contributed by atoms with van der Waals surface area (Å²) in [6.45, 7) is 7.02. The van der Waals surface area contributed by atoms with Crippen LogP contribution in [0.5, 0.6) is 5.75 Å². The molecule has 0 spiro atoms. The SMILES string of the molecule is CCOc1cccc2sc(N(CCN3CCOCC3)C(=O)c3ccc(Cl)cc3)nc12. The molecule has 1 aromatic heterocycles. The summed E-state index contributed by atoms with van der Waals surface area (Å²) in [5, 5.41) is 1.28. The number of para-hydroxylation sites is 1. The standard InChI is InChI=1S/C22H24ClN3O3S/c1-2-29-18-4-3-5-19-20(18)24-22(30-19)26(11-10-25-12-14-28-15-13-25)21(27)16-6-8-17(23)9-7-16/h3-9H,2,10-15H2,1H3. The molecule has 0 bridgehead atoms. The monoisotopic (exact) mass is 445 g/mol. The van der Waals surface area contributed by atoms with Gasteiger partial charge >= 0.3 is 0 Å². The number of hydrogen-bond donors (Lipinski definition) is 0. The van der Waals surface area contributed by atoms with E-state index >= 15 is 0 Å². The van der Waals surface area contributed by atoms with Crippen molar-refractivity contribution in [2.24, 2.45) is 0 Å².